The van der Waals surface area contributed by atoms with Crippen LogP contribution in [0.2, 0.25) is 0 Å². The first-order chi connectivity index (χ1) is 7.68. The minimum Gasteiger partial charge on any atom is -0.450 e. The second-order valence-corrected chi connectivity index (χ2v) is 3.67. The number of hydrogen-bond acceptors (Lipinski definition) is 3. The summed E-state index contributed by atoms with van der Waals surface area (Å²) in [5.41, 5.74) is 0. The molecule has 0 saturated carbocycles. The first-order valence-corrected chi connectivity index (χ1v) is 6.06. The van der Waals surface area contributed by atoms with Crippen LogP contribution >= 0.6 is 0 Å². The standard InChI is InChI=1S/C10H22O.C2H4O3.Na/c1-2-3-4-5-6-7-8-9-10-11;1-5-2(3)4;/h11H,2-10H2,1H3;1H3,(H,3,4);. The van der Waals surface area contributed by atoms with Crippen molar-refractivity contribution < 1.29 is 19.7 Å². The van der Waals surface area contributed by atoms with Crippen molar-refractivity contribution in [2.45, 2.75) is 58.3 Å². The molecule has 0 aliphatic carbocycles. The number of rotatable bonds is 8. The van der Waals surface area contributed by atoms with Gasteiger partial charge >= 0.3 is 6.16 Å². The van der Waals surface area contributed by atoms with E-state index in [1.54, 1.807) is 0 Å². The van der Waals surface area contributed by atoms with Crippen LogP contribution in [-0.4, -0.2) is 59.6 Å². The molecule has 1 radical (unpaired) electrons. The number of carbonyl (C=O) groups is 1. The van der Waals surface area contributed by atoms with Crippen LogP contribution in [0, 0.1) is 0 Å². The minimum absolute atomic E-state index is 0. The Morgan fingerprint density at radius 3 is 1.65 bits per heavy atom. The fourth-order valence-electron chi connectivity index (χ4n) is 1.25. The number of unbranched alkanes of at least 4 members (excludes halogenated alkanes) is 7. The van der Waals surface area contributed by atoms with Gasteiger partial charge in [0.15, 0.2) is 0 Å². The zero-order valence-corrected chi connectivity index (χ0v) is 13.6. The van der Waals surface area contributed by atoms with Crippen LogP contribution in [0.4, 0.5) is 4.79 Å². The van der Waals surface area contributed by atoms with E-state index < -0.39 is 6.16 Å². The molecule has 17 heavy (non-hydrogen) atoms. The molecule has 2 N–H and O–H groups in total. The Labute approximate surface area is 127 Å². The van der Waals surface area contributed by atoms with Crippen LogP contribution in [0.5, 0.6) is 0 Å². The average molecular weight is 257 g/mol. The molecule has 99 valence electrons. The topological polar surface area (TPSA) is 66.8 Å². The van der Waals surface area contributed by atoms with Crippen LogP contribution in [0.1, 0.15) is 58.3 Å². The zero-order chi connectivity index (χ0) is 12.6. The molecule has 0 heterocycles. The predicted molar refractivity (Wildman–Crippen MR) is 70.5 cm³/mol. The van der Waals surface area contributed by atoms with Crippen LogP contribution in [0.25, 0.3) is 0 Å². The van der Waals surface area contributed by atoms with Crippen molar-refractivity contribution in [2.24, 2.45) is 0 Å². The first-order valence-electron chi connectivity index (χ1n) is 6.06. The van der Waals surface area contributed by atoms with Gasteiger partial charge in [0.25, 0.3) is 0 Å². The summed E-state index contributed by atoms with van der Waals surface area (Å²) in [5.74, 6) is 0. The van der Waals surface area contributed by atoms with Crippen LogP contribution in [-0.2, 0) is 4.74 Å². The van der Waals surface area contributed by atoms with Gasteiger partial charge in [-0.15, -0.1) is 0 Å². The first kappa shape index (κ1) is 22.4. The summed E-state index contributed by atoms with van der Waals surface area (Å²) in [6.45, 7) is 2.61. The summed E-state index contributed by atoms with van der Waals surface area (Å²) in [7, 11) is 1.10. The molecule has 0 aromatic carbocycles. The molecule has 4 nitrogen and oxygen atoms in total. The number of hydrogen-bond donors (Lipinski definition) is 2. The Morgan fingerprint density at radius 2 is 1.35 bits per heavy atom. The van der Waals surface area contributed by atoms with Crippen molar-refractivity contribution in [3.8, 4) is 0 Å². The molecule has 0 spiro atoms. The molecule has 5 heteroatoms. The van der Waals surface area contributed by atoms with E-state index in [-0.39, 0.29) is 29.6 Å². The number of ether oxygens (including phenoxy) is 1. The third kappa shape index (κ3) is 31.4. The predicted octanol–water partition coefficient (Wildman–Crippen LogP) is 3.05. The van der Waals surface area contributed by atoms with Gasteiger partial charge in [0.1, 0.15) is 0 Å². The molecular formula is C12H26NaO4. The molecule has 0 unspecified atom stereocenters. The number of aliphatic hydroxyl groups excluding tert-OH is 1. The van der Waals surface area contributed by atoms with Gasteiger partial charge in [-0.1, -0.05) is 51.9 Å². The number of methoxy groups -OCH3 is 1. The third-order valence-corrected chi connectivity index (χ3v) is 2.19. The van der Waals surface area contributed by atoms with Crippen molar-refractivity contribution in [3.63, 3.8) is 0 Å². The fourth-order valence-corrected chi connectivity index (χ4v) is 1.25. The Hall–Kier alpha value is 0.230. The molecule has 0 amide bonds. The smallest absolute Gasteiger partial charge is 0.450 e. The molecule has 0 rings (SSSR count). The second kappa shape index (κ2) is 21.5. The molecule has 0 aromatic rings. The van der Waals surface area contributed by atoms with E-state index in [1.165, 1.54) is 44.9 Å². The molecule has 0 aromatic heterocycles. The zero-order valence-electron chi connectivity index (χ0n) is 11.6. The molecule has 0 saturated heterocycles. The maximum atomic E-state index is 9.15. The van der Waals surface area contributed by atoms with Crippen LogP contribution in [0.15, 0.2) is 0 Å². The Bertz CT molecular complexity index is 134. The molecule has 0 bridgehead atoms. The summed E-state index contributed by atoms with van der Waals surface area (Å²) in [6, 6.07) is 0. The minimum atomic E-state index is -1.25. The van der Waals surface area contributed by atoms with Crippen molar-refractivity contribution in [1.82, 2.24) is 0 Å². The summed E-state index contributed by atoms with van der Waals surface area (Å²) < 4.78 is 3.67. The SMILES string of the molecule is CCCCCCCCCCO.COC(=O)O.[Na]. The van der Waals surface area contributed by atoms with E-state index in [9.17, 15) is 0 Å². The summed E-state index contributed by atoms with van der Waals surface area (Å²) >= 11 is 0. The summed E-state index contributed by atoms with van der Waals surface area (Å²) in [6.07, 6.45) is 9.14. The number of aliphatic hydroxyl groups is 1. The molecule has 0 fully saturated rings. The van der Waals surface area contributed by atoms with Crippen molar-refractivity contribution >= 4 is 35.7 Å². The van der Waals surface area contributed by atoms with E-state index >= 15 is 0 Å². The Balaban J connectivity index is -0.000000280. The van der Waals surface area contributed by atoms with Gasteiger partial charge in [0, 0.05) is 36.2 Å². The Morgan fingerprint density at radius 1 is 1.00 bits per heavy atom. The maximum absolute atomic E-state index is 9.15. The van der Waals surface area contributed by atoms with Gasteiger partial charge in [-0.2, -0.15) is 0 Å². The second-order valence-electron chi connectivity index (χ2n) is 3.67. The third-order valence-electron chi connectivity index (χ3n) is 2.19. The monoisotopic (exact) mass is 257 g/mol. The maximum Gasteiger partial charge on any atom is 0.505 e. The van der Waals surface area contributed by atoms with E-state index in [2.05, 4.69) is 11.7 Å². The largest absolute Gasteiger partial charge is 0.505 e. The van der Waals surface area contributed by atoms with Crippen molar-refractivity contribution in [3.05, 3.63) is 0 Å². The van der Waals surface area contributed by atoms with Crippen molar-refractivity contribution in [2.75, 3.05) is 13.7 Å². The number of carboxylic acid groups (broad SMARTS) is 1. The van der Waals surface area contributed by atoms with Crippen LogP contribution < -0.4 is 0 Å². The van der Waals surface area contributed by atoms with Gasteiger partial charge in [-0.05, 0) is 6.42 Å². The van der Waals surface area contributed by atoms with E-state index in [0.717, 1.165) is 13.5 Å². The van der Waals surface area contributed by atoms with E-state index in [0.29, 0.717) is 6.61 Å². The van der Waals surface area contributed by atoms with Gasteiger partial charge in [0.05, 0.1) is 7.11 Å². The molecule has 0 aliphatic rings. The van der Waals surface area contributed by atoms with E-state index in [1.807, 2.05) is 0 Å². The quantitative estimate of drug-likeness (QED) is 0.398. The Kier molecular flexibility index (Phi) is 28.4. The average Bonchev–Trinajstić information content (AvgIpc) is 2.29. The molecular weight excluding hydrogens is 231 g/mol. The normalized spacial score (nSPS) is 8.65. The van der Waals surface area contributed by atoms with Crippen molar-refractivity contribution in [1.29, 1.82) is 0 Å². The van der Waals surface area contributed by atoms with E-state index in [4.69, 9.17) is 15.0 Å². The van der Waals surface area contributed by atoms with Crippen LogP contribution in [0.3, 0.4) is 0 Å². The van der Waals surface area contributed by atoms with Gasteiger partial charge < -0.3 is 14.9 Å². The van der Waals surface area contributed by atoms with Gasteiger partial charge in [-0.3, -0.25) is 0 Å². The molecule has 0 atom stereocenters. The van der Waals surface area contributed by atoms with Gasteiger partial charge in [0.2, 0.25) is 0 Å². The molecule has 0 aliphatic heterocycles. The van der Waals surface area contributed by atoms with Gasteiger partial charge in [-0.25, -0.2) is 4.79 Å². The fraction of sp³-hybridized carbons (Fsp3) is 0.917. The summed E-state index contributed by atoms with van der Waals surface area (Å²) in [5, 5.41) is 16.0. The summed E-state index contributed by atoms with van der Waals surface area (Å²) in [4.78, 5) is 9.15.